The second kappa shape index (κ2) is 8.49. The van der Waals surface area contributed by atoms with Crippen molar-refractivity contribution in [3.63, 3.8) is 0 Å². The fraction of sp³-hybridized carbons (Fsp3) is 0.556. The van der Waals surface area contributed by atoms with Gasteiger partial charge >= 0.3 is 0 Å². The van der Waals surface area contributed by atoms with Crippen LogP contribution in [0.2, 0.25) is 5.02 Å². The SMILES string of the molecule is CC(=O)NC(C(=O)N1CCN(Cc2ccc(Cl)cc2)CC1)C(C)C. The van der Waals surface area contributed by atoms with E-state index in [0.717, 1.165) is 24.7 Å². The van der Waals surface area contributed by atoms with Crippen molar-refractivity contribution in [3.8, 4) is 0 Å². The first-order valence-corrected chi connectivity index (χ1v) is 8.77. The van der Waals surface area contributed by atoms with Crippen molar-refractivity contribution in [2.24, 2.45) is 5.92 Å². The number of hydrogen-bond donors (Lipinski definition) is 1. The van der Waals surface area contributed by atoms with Crippen LogP contribution in [0.5, 0.6) is 0 Å². The van der Waals surface area contributed by atoms with Crippen LogP contribution in [0.3, 0.4) is 0 Å². The fourth-order valence-electron chi connectivity index (χ4n) is 2.90. The number of carbonyl (C=O) groups excluding carboxylic acids is 2. The Balaban J connectivity index is 1.87. The highest BCUT2D eigenvalue weighted by Crippen LogP contribution is 2.14. The number of piperazine rings is 1. The molecule has 0 bridgehead atoms. The van der Waals surface area contributed by atoms with Gasteiger partial charge in [-0.15, -0.1) is 0 Å². The van der Waals surface area contributed by atoms with Crippen molar-refractivity contribution < 1.29 is 9.59 Å². The number of benzene rings is 1. The third-order valence-electron chi connectivity index (χ3n) is 4.29. The van der Waals surface area contributed by atoms with Crippen LogP contribution in [0.25, 0.3) is 0 Å². The summed E-state index contributed by atoms with van der Waals surface area (Å²) < 4.78 is 0. The molecule has 6 heteroatoms. The molecule has 1 unspecified atom stereocenters. The molecule has 1 saturated heterocycles. The van der Waals surface area contributed by atoms with Gasteiger partial charge in [-0.25, -0.2) is 0 Å². The fourth-order valence-corrected chi connectivity index (χ4v) is 3.03. The molecule has 1 aliphatic heterocycles. The maximum atomic E-state index is 12.7. The molecular formula is C18H26ClN3O2. The predicted octanol–water partition coefficient (Wildman–Crippen LogP) is 2.14. The predicted molar refractivity (Wildman–Crippen MR) is 95.8 cm³/mol. The van der Waals surface area contributed by atoms with Crippen LogP contribution in [0.15, 0.2) is 24.3 Å². The number of carbonyl (C=O) groups is 2. The highest BCUT2D eigenvalue weighted by Gasteiger charge is 2.29. The first-order chi connectivity index (χ1) is 11.4. The number of halogens is 1. The minimum Gasteiger partial charge on any atom is -0.344 e. The van der Waals surface area contributed by atoms with E-state index >= 15 is 0 Å². The molecule has 5 nitrogen and oxygen atoms in total. The molecule has 2 rings (SSSR count). The largest absolute Gasteiger partial charge is 0.344 e. The van der Waals surface area contributed by atoms with Crippen LogP contribution in [0.4, 0.5) is 0 Å². The zero-order chi connectivity index (χ0) is 17.7. The lowest BCUT2D eigenvalue weighted by atomic mass is 10.0. The van der Waals surface area contributed by atoms with Gasteiger partial charge in [0.05, 0.1) is 0 Å². The van der Waals surface area contributed by atoms with Crippen molar-refractivity contribution in [2.45, 2.75) is 33.4 Å². The Kier molecular flexibility index (Phi) is 6.63. The highest BCUT2D eigenvalue weighted by molar-refractivity contribution is 6.30. The molecule has 2 amide bonds. The molecule has 0 saturated carbocycles. The molecule has 1 atom stereocenters. The standard InChI is InChI=1S/C18H26ClN3O2/c1-13(2)17(20-14(3)23)18(24)22-10-8-21(9-11-22)12-15-4-6-16(19)7-5-15/h4-7,13,17H,8-12H2,1-3H3,(H,20,23). The summed E-state index contributed by atoms with van der Waals surface area (Å²) in [4.78, 5) is 28.2. The van der Waals surface area contributed by atoms with Gasteiger partial charge in [-0.2, -0.15) is 0 Å². The Morgan fingerprint density at radius 2 is 1.71 bits per heavy atom. The van der Waals surface area contributed by atoms with E-state index in [1.54, 1.807) is 0 Å². The van der Waals surface area contributed by atoms with Crippen LogP contribution in [0, 0.1) is 5.92 Å². The number of nitrogens with zero attached hydrogens (tertiary/aromatic N) is 2. The van der Waals surface area contributed by atoms with Crippen LogP contribution in [-0.2, 0) is 16.1 Å². The summed E-state index contributed by atoms with van der Waals surface area (Å²) in [6.45, 7) is 9.26. The second-order valence-electron chi connectivity index (χ2n) is 6.65. The Labute approximate surface area is 149 Å². The molecule has 0 radical (unpaired) electrons. The van der Waals surface area contributed by atoms with Gasteiger partial charge in [-0.1, -0.05) is 37.6 Å². The first kappa shape index (κ1) is 18.7. The molecular weight excluding hydrogens is 326 g/mol. The van der Waals surface area contributed by atoms with Gasteiger partial charge in [-0.05, 0) is 23.6 Å². The van der Waals surface area contributed by atoms with Gasteiger partial charge in [0.25, 0.3) is 0 Å². The van der Waals surface area contributed by atoms with E-state index < -0.39 is 6.04 Å². The Morgan fingerprint density at radius 3 is 2.21 bits per heavy atom. The molecule has 1 aliphatic rings. The van der Waals surface area contributed by atoms with E-state index in [9.17, 15) is 9.59 Å². The van der Waals surface area contributed by atoms with Crippen molar-refractivity contribution >= 4 is 23.4 Å². The van der Waals surface area contributed by atoms with E-state index in [1.807, 2.05) is 43.0 Å². The molecule has 0 aromatic heterocycles. The van der Waals surface area contributed by atoms with E-state index in [2.05, 4.69) is 10.2 Å². The lowest BCUT2D eigenvalue weighted by molar-refractivity contribution is -0.138. The van der Waals surface area contributed by atoms with Gasteiger partial charge in [-0.3, -0.25) is 14.5 Å². The van der Waals surface area contributed by atoms with E-state index in [4.69, 9.17) is 11.6 Å². The molecule has 1 N–H and O–H groups in total. The Bertz CT molecular complexity index is 566. The maximum absolute atomic E-state index is 12.7. The van der Waals surface area contributed by atoms with Crippen molar-refractivity contribution in [1.29, 1.82) is 0 Å². The number of hydrogen-bond acceptors (Lipinski definition) is 3. The first-order valence-electron chi connectivity index (χ1n) is 8.39. The summed E-state index contributed by atoms with van der Waals surface area (Å²) in [6.07, 6.45) is 0. The van der Waals surface area contributed by atoms with Gasteiger partial charge in [0.15, 0.2) is 0 Å². The van der Waals surface area contributed by atoms with E-state index in [-0.39, 0.29) is 17.7 Å². The molecule has 1 aromatic rings. The molecule has 24 heavy (non-hydrogen) atoms. The monoisotopic (exact) mass is 351 g/mol. The summed E-state index contributed by atoms with van der Waals surface area (Å²) in [5.74, 6) is -0.0664. The number of rotatable bonds is 5. The second-order valence-corrected chi connectivity index (χ2v) is 7.09. The summed E-state index contributed by atoms with van der Waals surface area (Å²) in [5, 5.41) is 3.52. The lowest BCUT2D eigenvalue weighted by Crippen LogP contribution is -2.56. The maximum Gasteiger partial charge on any atom is 0.245 e. The lowest BCUT2D eigenvalue weighted by Gasteiger charge is -2.37. The molecule has 1 fully saturated rings. The average molecular weight is 352 g/mol. The van der Waals surface area contributed by atoms with Crippen LogP contribution >= 0.6 is 11.6 Å². The molecule has 1 heterocycles. The van der Waals surface area contributed by atoms with Crippen LogP contribution < -0.4 is 5.32 Å². The molecule has 132 valence electrons. The molecule has 0 aliphatic carbocycles. The minimum absolute atomic E-state index is 0.0198. The molecule has 1 aromatic carbocycles. The Morgan fingerprint density at radius 1 is 1.12 bits per heavy atom. The van der Waals surface area contributed by atoms with Crippen LogP contribution in [-0.4, -0.2) is 53.8 Å². The highest BCUT2D eigenvalue weighted by atomic mass is 35.5. The number of nitrogens with one attached hydrogen (secondary N) is 1. The third kappa shape index (κ3) is 5.21. The van der Waals surface area contributed by atoms with Crippen LogP contribution in [0.1, 0.15) is 26.3 Å². The quantitative estimate of drug-likeness (QED) is 0.884. The summed E-state index contributed by atoms with van der Waals surface area (Å²) in [5.41, 5.74) is 1.22. The van der Waals surface area contributed by atoms with E-state index in [1.165, 1.54) is 12.5 Å². The molecule has 0 spiro atoms. The van der Waals surface area contributed by atoms with Crippen molar-refractivity contribution in [3.05, 3.63) is 34.9 Å². The minimum atomic E-state index is -0.440. The van der Waals surface area contributed by atoms with Gasteiger partial charge in [0, 0.05) is 44.7 Å². The van der Waals surface area contributed by atoms with Crippen molar-refractivity contribution in [1.82, 2.24) is 15.1 Å². The zero-order valence-corrected chi connectivity index (χ0v) is 15.3. The summed E-state index contributed by atoms with van der Waals surface area (Å²) in [6, 6.07) is 7.43. The Hall–Kier alpha value is -1.59. The summed E-state index contributed by atoms with van der Waals surface area (Å²) in [7, 11) is 0. The average Bonchev–Trinajstić information content (AvgIpc) is 2.54. The van der Waals surface area contributed by atoms with Crippen molar-refractivity contribution in [2.75, 3.05) is 26.2 Å². The van der Waals surface area contributed by atoms with Gasteiger partial charge in [0.1, 0.15) is 6.04 Å². The topological polar surface area (TPSA) is 52.7 Å². The zero-order valence-electron chi connectivity index (χ0n) is 14.6. The van der Waals surface area contributed by atoms with E-state index in [0.29, 0.717) is 13.1 Å². The number of amides is 2. The third-order valence-corrected chi connectivity index (χ3v) is 4.55. The smallest absolute Gasteiger partial charge is 0.245 e. The van der Waals surface area contributed by atoms with Gasteiger partial charge < -0.3 is 10.2 Å². The normalized spacial score (nSPS) is 17.0. The van der Waals surface area contributed by atoms with Gasteiger partial charge in [0.2, 0.25) is 11.8 Å². The summed E-state index contributed by atoms with van der Waals surface area (Å²) >= 11 is 5.91.